The van der Waals surface area contributed by atoms with E-state index in [0.717, 1.165) is 19.5 Å². The molecule has 2 rings (SSSR count). The van der Waals surface area contributed by atoms with Crippen LogP contribution in [-0.4, -0.2) is 31.9 Å². The maximum Gasteiger partial charge on any atom is 0.0518 e. The first-order chi connectivity index (χ1) is 11.1. The highest BCUT2D eigenvalue weighted by molar-refractivity contribution is 5.45. The van der Waals surface area contributed by atoms with Gasteiger partial charge in [-0.3, -0.25) is 0 Å². The zero-order chi connectivity index (χ0) is 16.7. The largest absolute Gasteiger partial charge is 0.393 e. The minimum absolute atomic E-state index is 0.290. The Morgan fingerprint density at radius 2 is 1.65 bits per heavy atom. The van der Waals surface area contributed by atoms with E-state index in [-0.39, 0.29) is 6.10 Å². The predicted molar refractivity (Wildman–Crippen MR) is 98.0 cm³/mol. The molecule has 0 fully saturated rings. The van der Waals surface area contributed by atoms with E-state index in [4.69, 9.17) is 0 Å². The van der Waals surface area contributed by atoms with Gasteiger partial charge in [-0.05, 0) is 42.5 Å². The van der Waals surface area contributed by atoms with E-state index in [0.29, 0.717) is 5.92 Å². The molecule has 2 N–H and O–H groups in total. The minimum Gasteiger partial charge on any atom is -0.393 e. The second-order valence-electron chi connectivity index (χ2n) is 6.38. The van der Waals surface area contributed by atoms with Gasteiger partial charge in [-0.1, -0.05) is 42.5 Å². The van der Waals surface area contributed by atoms with E-state index in [9.17, 15) is 5.11 Å². The molecule has 2 aromatic rings. The lowest BCUT2D eigenvalue weighted by Crippen LogP contribution is -2.23. The van der Waals surface area contributed by atoms with Gasteiger partial charge in [0.25, 0.3) is 0 Å². The van der Waals surface area contributed by atoms with Crippen LogP contribution >= 0.6 is 0 Å². The molecule has 0 aliphatic carbocycles. The summed E-state index contributed by atoms with van der Waals surface area (Å²) in [5, 5.41) is 13.3. The van der Waals surface area contributed by atoms with Crippen LogP contribution in [0.3, 0.4) is 0 Å². The van der Waals surface area contributed by atoms with E-state index in [1.54, 1.807) is 0 Å². The van der Waals surface area contributed by atoms with Gasteiger partial charge in [0.15, 0.2) is 0 Å². The molecule has 0 aliphatic rings. The van der Waals surface area contributed by atoms with Crippen LogP contribution in [0.25, 0.3) is 0 Å². The summed E-state index contributed by atoms with van der Waals surface area (Å²) in [5.41, 5.74) is 3.77. The Morgan fingerprint density at radius 3 is 2.22 bits per heavy atom. The van der Waals surface area contributed by atoms with E-state index in [1.807, 2.05) is 27.1 Å². The molecule has 0 saturated carbocycles. The Balaban J connectivity index is 1.91. The van der Waals surface area contributed by atoms with Crippen molar-refractivity contribution in [2.75, 3.05) is 25.5 Å². The van der Waals surface area contributed by atoms with Crippen molar-refractivity contribution < 1.29 is 5.11 Å². The van der Waals surface area contributed by atoms with Crippen molar-refractivity contribution in [1.82, 2.24) is 5.32 Å². The van der Waals surface area contributed by atoms with Crippen molar-refractivity contribution in [1.29, 1.82) is 0 Å². The predicted octanol–water partition coefficient (Wildman–Crippen LogP) is 3.40. The van der Waals surface area contributed by atoms with Crippen molar-refractivity contribution in [3.05, 3.63) is 65.7 Å². The van der Waals surface area contributed by atoms with E-state index < -0.39 is 0 Å². The van der Waals surface area contributed by atoms with E-state index >= 15 is 0 Å². The Labute approximate surface area is 140 Å². The molecule has 124 valence electrons. The second kappa shape index (κ2) is 8.70. The molecule has 0 radical (unpaired) electrons. The maximum absolute atomic E-state index is 9.75. The normalized spacial score (nSPS) is 13.6. The summed E-state index contributed by atoms with van der Waals surface area (Å²) in [6.45, 7) is 3.57. The lowest BCUT2D eigenvalue weighted by Gasteiger charge is -2.20. The summed E-state index contributed by atoms with van der Waals surface area (Å²) in [5.74, 6) is 0.331. The Bertz CT molecular complexity index is 564. The number of aliphatic hydroxyl groups excluding tert-OH is 1. The number of nitrogens with zero attached hydrogens (tertiary/aromatic N) is 1. The van der Waals surface area contributed by atoms with Crippen LogP contribution in [0.5, 0.6) is 0 Å². The fourth-order valence-electron chi connectivity index (χ4n) is 2.78. The zero-order valence-corrected chi connectivity index (χ0v) is 14.4. The van der Waals surface area contributed by atoms with Crippen molar-refractivity contribution in [3.63, 3.8) is 0 Å². The van der Waals surface area contributed by atoms with Crippen molar-refractivity contribution >= 4 is 5.69 Å². The van der Waals surface area contributed by atoms with Gasteiger partial charge in [-0.15, -0.1) is 0 Å². The number of aliphatic hydroxyl groups is 1. The molecule has 0 spiro atoms. The van der Waals surface area contributed by atoms with Crippen LogP contribution < -0.4 is 10.2 Å². The molecule has 0 bridgehead atoms. The lowest BCUT2D eigenvalue weighted by atomic mass is 9.93. The molecule has 3 heteroatoms. The SMILES string of the molecule is CC(O)CC(CNCc1ccc(N(C)C)cc1)c1ccccc1. The third kappa shape index (κ3) is 5.70. The quantitative estimate of drug-likeness (QED) is 0.784. The number of rotatable bonds is 8. The molecular weight excluding hydrogens is 284 g/mol. The van der Waals surface area contributed by atoms with Gasteiger partial charge >= 0.3 is 0 Å². The van der Waals surface area contributed by atoms with Gasteiger partial charge < -0.3 is 15.3 Å². The number of nitrogens with one attached hydrogen (secondary N) is 1. The highest BCUT2D eigenvalue weighted by Gasteiger charge is 2.13. The van der Waals surface area contributed by atoms with Crippen molar-refractivity contribution in [2.45, 2.75) is 31.9 Å². The Hall–Kier alpha value is -1.84. The van der Waals surface area contributed by atoms with Crippen LogP contribution in [0, 0.1) is 0 Å². The fraction of sp³-hybridized carbons (Fsp3) is 0.400. The van der Waals surface area contributed by atoms with Crippen molar-refractivity contribution in [2.24, 2.45) is 0 Å². The molecule has 0 saturated heterocycles. The van der Waals surface area contributed by atoms with Gasteiger partial charge in [-0.25, -0.2) is 0 Å². The third-order valence-electron chi connectivity index (χ3n) is 4.07. The summed E-state index contributed by atoms with van der Waals surface area (Å²) in [6.07, 6.45) is 0.484. The lowest BCUT2D eigenvalue weighted by molar-refractivity contribution is 0.173. The monoisotopic (exact) mass is 312 g/mol. The molecule has 0 heterocycles. The standard InChI is InChI=1S/C20H28N2O/c1-16(23)13-19(18-7-5-4-6-8-18)15-21-14-17-9-11-20(12-10-17)22(2)3/h4-12,16,19,21,23H,13-15H2,1-3H3. The van der Waals surface area contributed by atoms with Crippen LogP contribution in [0.2, 0.25) is 0 Å². The number of benzene rings is 2. The molecule has 2 aromatic carbocycles. The topological polar surface area (TPSA) is 35.5 Å². The number of anilines is 1. The first-order valence-electron chi connectivity index (χ1n) is 8.26. The highest BCUT2D eigenvalue weighted by Crippen LogP contribution is 2.20. The van der Waals surface area contributed by atoms with Gasteiger partial charge in [0.05, 0.1) is 6.10 Å². The maximum atomic E-state index is 9.75. The summed E-state index contributed by atoms with van der Waals surface area (Å²) < 4.78 is 0. The molecule has 3 nitrogen and oxygen atoms in total. The van der Waals surface area contributed by atoms with Gasteiger partial charge in [0.2, 0.25) is 0 Å². The average molecular weight is 312 g/mol. The summed E-state index contributed by atoms with van der Waals surface area (Å²) in [6, 6.07) is 19.0. The molecule has 2 unspecified atom stereocenters. The first kappa shape index (κ1) is 17.5. The Kier molecular flexibility index (Phi) is 6.63. The Morgan fingerprint density at radius 1 is 1.00 bits per heavy atom. The van der Waals surface area contributed by atoms with E-state index in [1.165, 1.54) is 16.8 Å². The molecule has 2 atom stereocenters. The van der Waals surface area contributed by atoms with Gasteiger partial charge in [-0.2, -0.15) is 0 Å². The van der Waals surface area contributed by atoms with E-state index in [2.05, 4.69) is 58.7 Å². The summed E-state index contributed by atoms with van der Waals surface area (Å²) in [7, 11) is 4.10. The number of hydrogen-bond acceptors (Lipinski definition) is 3. The van der Waals surface area contributed by atoms with Crippen LogP contribution in [0.15, 0.2) is 54.6 Å². The molecular formula is C20H28N2O. The first-order valence-corrected chi connectivity index (χ1v) is 8.26. The van der Waals surface area contributed by atoms with Crippen LogP contribution in [0.1, 0.15) is 30.4 Å². The molecule has 0 aliphatic heterocycles. The average Bonchev–Trinajstić information content (AvgIpc) is 2.55. The molecule has 23 heavy (non-hydrogen) atoms. The summed E-state index contributed by atoms with van der Waals surface area (Å²) in [4.78, 5) is 2.10. The third-order valence-corrected chi connectivity index (χ3v) is 4.07. The fourth-order valence-corrected chi connectivity index (χ4v) is 2.78. The highest BCUT2D eigenvalue weighted by atomic mass is 16.3. The zero-order valence-electron chi connectivity index (χ0n) is 14.4. The van der Waals surface area contributed by atoms with Crippen molar-refractivity contribution in [3.8, 4) is 0 Å². The molecule has 0 amide bonds. The molecule has 0 aromatic heterocycles. The smallest absolute Gasteiger partial charge is 0.0518 e. The second-order valence-corrected chi connectivity index (χ2v) is 6.38. The van der Waals surface area contributed by atoms with Crippen LogP contribution in [0.4, 0.5) is 5.69 Å². The number of hydrogen-bond donors (Lipinski definition) is 2. The summed E-state index contributed by atoms with van der Waals surface area (Å²) >= 11 is 0. The van der Waals surface area contributed by atoms with Gasteiger partial charge in [0.1, 0.15) is 0 Å². The van der Waals surface area contributed by atoms with Crippen LogP contribution in [-0.2, 0) is 6.54 Å². The minimum atomic E-state index is -0.290. The van der Waals surface area contributed by atoms with Gasteiger partial charge in [0, 0.05) is 32.9 Å².